The summed E-state index contributed by atoms with van der Waals surface area (Å²) in [6.07, 6.45) is 1.46. The van der Waals surface area contributed by atoms with Gasteiger partial charge in [0, 0.05) is 12.4 Å². The van der Waals surface area contributed by atoms with E-state index in [0.717, 1.165) is 0 Å². The first-order chi connectivity index (χ1) is 11.9. The Labute approximate surface area is 149 Å². The molecule has 1 N–H and O–H groups in total. The van der Waals surface area contributed by atoms with Gasteiger partial charge in [-0.25, -0.2) is 9.37 Å². The van der Waals surface area contributed by atoms with E-state index in [-0.39, 0.29) is 29.1 Å². The zero-order chi connectivity index (χ0) is 18.1. The summed E-state index contributed by atoms with van der Waals surface area (Å²) in [6.45, 7) is 0.914. The quantitative estimate of drug-likeness (QED) is 0.394. The van der Waals surface area contributed by atoms with E-state index < -0.39 is 17.7 Å². The molecule has 0 aliphatic heterocycles. The van der Waals surface area contributed by atoms with Crippen LogP contribution in [-0.4, -0.2) is 42.4 Å². The Morgan fingerprint density at radius 3 is 3.00 bits per heavy atom. The second-order valence-electron chi connectivity index (χ2n) is 5.17. The van der Waals surface area contributed by atoms with Crippen molar-refractivity contribution in [1.29, 1.82) is 0 Å². The zero-order valence-corrected chi connectivity index (χ0v) is 14.3. The number of halogens is 3. The molecule has 3 heterocycles. The van der Waals surface area contributed by atoms with Crippen molar-refractivity contribution in [3.8, 4) is 5.88 Å². The van der Waals surface area contributed by atoms with Gasteiger partial charge in [0.2, 0.25) is 5.28 Å². The Hall–Kier alpha value is -2.46. The summed E-state index contributed by atoms with van der Waals surface area (Å²) in [4.78, 5) is 18.2. The molecule has 132 valence electrons. The summed E-state index contributed by atoms with van der Waals surface area (Å²) < 4.78 is 20.9. The average molecular weight is 389 g/mol. The first kappa shape index (κ1) is 17.4. The van der Waals surface area contributed by atoms with Crippen LogP contribution in [0.3, 0.4) is 0 Å². The molecule has 9 nitrogen and oxygen atoms in total. The first-order valence-electron chi connectivity index (χ1n) is 7.00. The van der Waals surface area contributed by atoms with Gasteiger partial charge in [-0.1, -0.05) is 11.6 Å². The van der Waals surface area contributed by atoms with Crippen molar-refractivity contribution < 1.29 is 14.1 Å². The van der Waals surface area contributed by atoms with Crippen LogP contribution in [0.25, 0.3) is 11.0 Å². The molecule has 0 saturated heterocycles. The van der Waals surface area contributed by atoms with Gasteiger partial charge in [-0.2, -0.15) is 4.98 Å². The van der Waals surface area contributed by atoms with E-state index in [1.807, 2.05) is 0 Å². The lowest BCUT2D eigenvalue weighted by molar-refractivity contribution is -0.386. The normalized spacial score (nSPS) is 12.5. The van der Waals surface area contributed by atoms with E-state index in [2.05, 4.69) is 20.2 Å². The maximum Gasteiger partial charge on any atom is 0.352 e. The topological polar surface area (TPSA) is 112 Å². The number of aromatic amines is 1. The molecule has 0 aliphatic carbocycles. The van der Waals surface area contributed by atoms with Gasteiger partial charge >= 0.3 is 11.6 Å². The fraction of sp³-hybridized carbons (Fsp3) is 0.308. The van der Waals surface area contributed by atoms with Crippen molar-refractivity contribution in [2.75, 3.05) is 6.61 Å². The maximum absolute atomic E-state index is 14.3. The standard InChI is InChI=1S/C13H11Cl2FN6O3/c1-6-10(22(23)24)12(20-19-6)25-5-7(16)3-21-4-9(14)8-2-17-13(15)18-11(8)21/h2,4,7H,3,5H2,1H3,(H,19,20). The summed E-state index contributed by atoms with van der Waals surface area (Å²) in [6, 6.07) is 0. The molecule has 1 unspecified atom stereocenters. The number of aromatic nitrogens is 5. The highest BCUT2D eigenvalue weighted by Gasteiger charge is 2.24. The van der Waals surface area contributed by atoms with Gasteiger partial charge in [-0.3, -0.25) is 15.2 Å². The summed E-state index contributed by atoms with van der Waals surface area (Å²) in [5.74, 6) is -0.258. The molecule has 0 aliphatic rings. The highest BCUT2D eigenvalue weighted by atomic mass is 35.5. The van der Waals surface area contributed by atoms with Crippen molar-refractivity contribution >= 4 is 39.9 Å². The molecule has 0 amide bonds. The highest BCUT2D eigenvalue weighted by Crippen LogP contribution is 2.28. The molecule has 1 atom stereocenters. The predicted octanol–water partition coefficient (Wildman–Crippen LogP) is 3.09. The Bertz CT molecular complexity index is 943. The number of fused-ring (bicyclic) bond motifs is 1. The van der Waals surface area contributed by atoms with E-state index in [1.54, 1.807) is 0 Å². The molecule has 25 heavy (non-hydrogen) atoms. The third-order valence-electron chi connectivity index (χ3n) is 3.40. The summed E-state index contributed by atoms with van der Waals surface area (Å²) >= 11 is 11.8. The lowest BCUT2D eigenvalue weighted by Gasteiger charge is -2.10. The molecular weight excluding hydrogens is 378 g/mol. The number of H-pyrrole nitrogens is 1. The number of nitrogens with zero attached hydrogens (tertiary/aromatic N) is 5. The molecule has 0 saturated carbocycles. The molecule has 3 rings (SSSR count). The van der Waals surface area contributed by atoms with Gasteiger partial charge in [0.25, 0.3) is 0 Å². The molecule has 0 fully saturated rings. The van der Waals surface area contributed by atoms with E-state index >= 15 is 0 Å². The molecule has 3 aromatic heterocycles. The summed E-state index contributed by atoms with van der Waals surface area (Å²) in [7, 11) is 0. The van der Waals surface area contributed by atoms with Gasteiger partial charge in [0.05, 0.1) is 21.9 Å². The summed E-state index contributed by atoms with van der Waals surface area (Å²) in [5, 5.41) is 18.0. The minimum atomic E-state index is -1.49. The Kier molecular flexibility index (Phi) is 4.73. The molecule has 0 bridgehead atoms. The van der Waals surface area contributed by atoms with Crippen LogP contribution in [0.15, 0.2) is 12.4 Å². The van der Waals surface area contributed by atoms with E-state index in [1.165, 1.54) is 23.9 Å². The van der Waals surface area contributed by atoms with Gasteiger partial charge in [0.1, 0.15) is 17.9 Å². The smallest absolute Gasteiger partial charge is 0.352 e. The fourth-order valence-corrected chi connectivity index (χ4v) is 2.68. The van der Waals surface area contributed by atoms with Gasteiger partial charge < -0.3 is 9.30 Å². The lowest BCUT2D eigenvalue weighted by Crippen LogP contribution is -2.19. The fourth-order valence-electron chi connectivity index (χ4n) is 2.30. The third kappa shape index (κ3) is 3.49. The van der Waals surface area contributed by atoms with Gasteiger partial charge in [-0.15, -0.1) is 5.10 Å². The van der Waals surface area contributed by atoms with Crippen LogP contribution in [0.1, 0.15) is 5.69 Å². The number of hydrogen-bond donors (Lipinski definition) is 1. The molecule has 3 aromatic rings. The Morgan fingerprint density at radius 1 is 1.52 bits per heavy atom. The number of ether oxygens (including phenoxy) is 1. The van der Waals surface area contributed by atoms with Crippen LogP contribution in [-0.2, 0) is 6.54 Å². The van der Waals surface area contributed by atoms with Crippen LogP contribution in [0.5, 0.6) is 5.88 Å². The molecule has 0 spiro atoms. The van der Waals surface area contributed by atoms with E-state index in [9.17, 15) is 14.5 Å². The number of nitrogens with one attached hydrogen (secondary N) is 1. The number of aryl methyl sites for hydroxylation is 1. The Balaban J connectivity index is 1.72. The number of hydrogen-bond acceptors (Lipinski definition) is 6. The number of rotatable bonds is 6. The molecule has 12 heteroatoms. The zero-order valence-electron chi connectivity index (χ0n) is 12.7. The largest absolute Gasteiger partial charge is 0.469 e. The average Bonchev–Trinajstić information content (AvgIpc) is 3.06. The van der Waals surface area contributed by atoms with Crippen molar-refractivity contribution in [2.24, 2.45) is 0 Å². The van der Waals surface area contributed by atoms with E-state index in [4.69, 9.17) is 27.9 Å². The first-order valence-corrected chi connectivity index (χ1v) is 7.75. The molecule has 0 radical (unpaired) electrons. The molecule has 0 aromatic carbocycles. The van der Waals surface area contributed by atoms with Gasteiger partial charge in [-0.05, 0) is 18.5 Å². The van der Waals surface area contributed by atoms with Gasteiger partial charge in [0.15, 0.2) is 6.17 Å². The van der Waals surface area contributed by atoms with Crippen LogP contribution < -0.4 is 4.74 Å². The Morgan fingerprint density at radius 2 is 2.28 bits per heavy atom. The predicted molar refractivity (Wildman–Crippen MR) is 87.9 cm³/mol. The SMILES string of the molecule is Cc1[nH]nc(OCC(F)Cn2cc(Cl)c3cnc(Cl)nc32)c1[N+](=O)[O-]. The highest BCUT2D eigenvalue weighted by molar-refractivity contribution is 6.35. The second kappa shape index (κ2) is 6.81. The number of nitro groups is 1. The maximum atomic E-state index is 14.3. The van der Waals surface area contributed by atoms with Crippen LogP contribution in [0.2, 0.25) is 10.3 Å². The molecular formula is C13H11Cl2FN6O3. The second-order valence-corrected chi connectivity index (χ2v) is 5.92. The van der Waals surface area contributed by atoms with Crippen molar-refractivity contribution in [2.45, 2.75) is 19.6 Å². The minimum Gasteiger partial charge on any atom is -0.469 e. The van der Waals surface area contributed by atoms with Crippen molar-refractivity contribution in [3.05, 3.63) is 38.5 Å². The van der Waals surface area contributed by atoms with Crippen molar-refractivity contribution in [3.63, 3.8) is 0 Å². The third-order valence-corrected chi connectivity index (χ3v) is 3.88. The minimum absolute atomic E-state index is 0.0118. The van der Waals surface area contributed by atoms with E-state index in [0.29, 0.717) is 16.1 Å². The monoisotopic (exact) mass is 388 g/mol. The van der Waals surface area contributed by atoms with Crippen molar-refractivity contribution in [1.82, 2.24) is 24.7 Å². The number of alkyl halides is 1. The lowest BCUT2D eigenvalue weighted by atomic mass is 10.4. The van der Waals surface area contributed by atoms with Crippen LogP contribution >= 0.6 is 23.2 Å². The van der Waals surface area contributed by atoms with Crippen LogP contribution in [0.4, 0.5) is 10.1 Å². The van der Waals surface area contributed by atoms with Crippen LogP contribution in [0, 0.1) is 17.0 Å². The summed E-state index contributed by atoms with van der Waals surface area (Å²) in [5.41, 5.74) is 0.292.